The molecular formula is C22H26N2O2. The highest BCUT2D eigenvalue weighted by Gasteiger charge is 2.46. The Bertz CT molecular complexity index is 762. The van der Waals surface area contributed by atoms with E-state index in [0.717, 1.165) is 37.1 Å². The van der Waals surface area contributed by atoms with E-state index in [1.807, 2.05) is 41.3 Å². The molecule has 2 aromatic rings. The quantitative estimate of drug-likeness (QED) is 0.872. The Kier molecular flexibility index (Phi) is 4.93. The highest BCUT2D eigenvalue weighted by Crippen LogP contribution is 2.47. The summed E-state index contributed by atoms with van der Waals surface area (Å²) in [7, 11) is 0. The number of carbonyl (C=O) groups is 1. The van der Waals surface area contributed by atoms with E-state index in [1.165, 1.54) is 5.56 Å². The molecule has 0 saturated heterocycles. The van der Waals surface area contributed by atoms with E-state index in [-0.39, 0.29) is 12.1 Å². The van der Waals surface area contributed by atoms with Crippen molar-refractivity contribution in [1.29, 1.82) is 0 Å². The van der Waals surface area contributed by atoms with Gasteiger partial charge in [-0.1, -0.05) is 61.9 Å². The van der Waals surface area contributed by atoms with Gasteiger partial charge in [-0.15, -0.1) is 0 Å². The number of para-hydroxylation sites is 1. The van der Waals surface area contributed by atoms with Gasteiger partial charge in [0.25, 0.3) is 0 Å². The largest absolute Gasteiger partial charge is 0.444 e. The lowest BCUT2D eigenvalue weighted by Crippen LogP contribution is -2.50. The number of carbonyl (C=O) groups excluding carboxylic acids is 1. The summed E-state index contributed by atoms with van der Waals surface area (Å²) in [4.78, 5) is 14.9. The standard InChI is InChI=1S/C22H26N2O2/c1-2-23-21-17-11-6-7-13-19(17)24(20-14-8-12-18(20)21)22(25)26-15-16-9-4-3-5-10-16/h3-7,9-11,13,18,20-21,23H,2,8,12,14-15H2,1H3/t18-,20+,21-/m0/s1. The van der Waals surface area contributed by atoms with Crippen LogP contribution in [0.2, 0.25) is 0 Å². The van der Waals surface area contributed by atoms with Crippen LogP contribution in [0.25, 0.3) is 0 Å². The third-order valence-electron chi connectivity index (χ3n) is 5.65. The van der Waals surface area contributed by atoms with Crippen molar-refractivity contribution in [3.63, 3.8) is 0 Å². The summed E-state index contributed by atoms with van der Waals surface area (Å²) in [6.07, 6.45) is 3.13. The molecule has 2 aromatic carbocycles. The molecule has 1 aliphatic heterocycles. The van der Waals surface area contributed by atoms with Gasteiger partial charge in [0.15, 0.2) is 0 Å². The van der Waals surface area contributed by atoms with Crippen molar-refractivity contribution in [2.24, 2.45) is 5.92 Å². The van der Waals surface area contributed by atoms with Gasteiger partial charge in [0.2, 0.25) is 0 Å². The zero-order valence-corrected chi connectivity index (χ0v) is 15.2. The van der Waals surface area contributed by atoms with Crippen molar-refractivity contribution < 1.29 is 9.53 Å². The summed E-state index contributed by atoms with van der Waals surface area (Å²) in [5, 5.41) is 3.65. The van der Waals surface area contributed by atoms with Crippen LogP contribution < -0.4 is 10.2 Å². The second-order valence-electron chi connectivity index (χ2n) is 7.17. The van der Waals surface area contributed by atoms with Crippen molar-refractivity contribution >= 4 is 11.8 Å². The normalized spacial score (nSPS) is 24.0. The molecule has 1 fully saturated rings. The van der Waals surface area contributed by atoms with E-state index in [2.05, 4.69) is 30.4 Å². The Balaban J connectivity index is 1.61. The van der Waals surface area contributed by atoms with Gasteiger partial charge in [-0.2, -0.15) is 0 Å². The second kappa shape index (κ2) is 7.50. The Morgan fingerprint density at radius 3 is 2.69 bits per heavy atom. The molecule has 0 aromatic heterocycles. The smallest absolute Gasteiger partial charge is 0.414 e. The van der Waals surface area contributed by atoms with E-state index < -0.39 is 0 Å². The van der Waals surface area contributed by atoms with Crippen LogP contribution in [0.1, 0.15) is 43.4 Å². The van der Waals surface area contributed by atoms with Gasteiger partial charge in [-0.3, -0.25) is 4.90 Å². The van der Waals surface area contributed by atoms with Gasteiger partial charge in [0, 0.05) is 12.1 Å². The maximum atomic E-state index is 13.0. The van der Waals surface area contributed by atoms with Crippen molar-refractivity contribution in [3.05, 3.63) is 65.7 Å². The average Bonchev–Trinajstić information content (AvgIpc) is 3.16. The minimum atomic E-state index is -0.229. The van der Waals surface area contributed by atoms with E-state index in [0.29, 0.717) is 18.6 Å². The molecule has 26 heavy (non-hydrogen) atoms. The van der Waals surface area contributed by atoms with Crippen LogP contribution in [0.3, 0.4) is 0 Å². The number of fused-ring (bicyclic) bond motifs is 2. The summed E-state index contributed by atoms with van der Waals surface area (Å²) in [6.45, 7) is 3.39. The molecule has 0 unspecified atom stereocenters. The maximum Gasteiger partial charge on any atom is 0.414 e. The molecule has 4 nitrogen and oxygen atoms in total. The van der Waals surface area contributed by atoms with Crippen LogP contribution in [0, 0.1) is 5.92 Å². The molecule has 2 aliphatic rings. The summed E-state index contributed by atoms with van der Waals surface area (Å²) in [5.41, 5.74) is 3.23. The lowest BCUT2D eigenvalue weighted by molar-refractivity contribution is 0.140. The molecule has 0 spiro atoms. The van der Waals surface area contributed by atoms with Crippen LogP contribution in [0.15, 0.2) is 54.6 Å². The molecule has 1 aliphatic carbocycles. The lowest BCUT2D eigenvalue weighted by atomic mass is 9.83. The lowest BCUT2D eigenvalue weighted by Gasteiger charge is -2.43. The number of nitrogens with one attached hydrogen (secondary N) is 1. The zero-order chi connectivity index (χ0) is 17.9. The Morgan fingerprint density at radius 2 is 1.88 bits per heavy atom. The fourth-order valence-corrected chi connectivity index (χ4v) is 4.56. The predicted molar refractivity (Wildman–Crippen MR) is 103 cm³/mol. The van der Waals surface area contributed by atoms with Gasteiger partial charge in [-0.25, -0.2) is 4.79 Å². The third kappa shape index (κ3) is 3.10. The molecule has 1 heterocycles. The molecule has 4 rings (SSSR count). The molecule has 0 bridgehead atoms. The summed E-state index contributed by atoms with van der Waals surface area (Å²) in [5.74, 6) is 0.453. The van der Waals surface area contributed by atoms with Crippen molar-refractivity contribution in [2.45, 2.75) is 44.9 Å². The highest BCUT2D eigenvalue weighted by molar-refractivity contribution is 5.90. The first kappa shape index (κ1) is 17.1. The summed E-state index contributed by atoms with van der Waals surface area (Å²) < 4.78 is 5.69. The number of nitrogens with zero attached hydrogens (tertiary/aromatic N) is 1. The minimum Gasteiger partial charge on any atom is -0.444 e. The summed E-state index contributed by atoms with van der Waals surface area (Å²) >= 11 is 0. The molecule has 1 amide bonds. The topological polar surface area (TPSA) is 41.6 Å². The van der Waals surface area contributed by atoms with Gasteiger partial charge in [0.05, 0.1) is 5.69 Å². The monoisotopic (exact) mass is 350 g/mol. The van der Waals surface area contributed by atoms with Crippen LogP contribution in [0.5, 0.6) is 0 Å². The van der Waals surface area contributed by atoms with Crippen LogP contribution in [-0.2, 0) is 11.3 Å². The first-order chi connectivity index (χ1) is 12.8. The molecule has 136 valence electrons. The zero-order valence-electron chi connectivity index (χ0n) is 15.2. The van der Waals surface area contributed by atoms with Gasteiger partial charge < -0.3 is 10.1 Å². The number of anilines is 1. The first-order valence-corrected chi connectivity index (χ1v) is 9.62. The maximum absolute atomic E-state index is 13.0. The Labute approximate surface area is 155 Å². The van der Waals surface area contributed by atoms with E-state index >= 15 is 0 Å². The van der Waals surface area contributed by atoms with Crippen LogP contribution >= 0.6 is 0 Å². The highest BCUT2D eigenvalue weighted by atomic mass is 16.6. The van der Waals surface area contributed by atoms with Gasteiger partial charge in [0.1, 0.15) is 6.61 Å². The number of hydrogen-bond acceptors (Lipinski definition) is 3. The molecule has 3 atom stereocenters. The van der Waals surface area contributed by atoms with Crippen LogP contribution in [0.4, 0.5) is 10.5 Å². The SMILES string of the molecule is CCN[C@H]1c2ccccc2N(C(=O)OCc2ccccc2)[C@@H]2CCC[C@@H]21. The number of benzene rings is 2. The Morgan fingerprint density at radius 1 is 1.12 bits per heavy atom. The first-order valence-electron chi connectivity index (χ1n) is 9.62. The molecular weight excluding hydrogens is 324 g/mol. The molecule has 4 heteroatoms. The number of ether oxygens (including phenoxy) is 1. The Hall–Kier alpha value is -2.33. The van der Waals surface area contributed by atoms with E-state index in [4.69, 9.17) is 4.74 Å². The number of amides is 1. The third-order valence-corrected chi connectivity index (χ3v) is 5.65. The minimum absolute atomic E-state index is 0.220. The molecule has 1 saturated carbocycles. The van der Waals surface area contributed by atoms with Crippen molar-refractivity contribution in [3.8, 4) is 0 Å². The number of rotatable bonds is 4. The van der Waals surface area contributed by atoms with Gasteiger partial charge in [-0.05, 0) is 42.5 Å². The average molecular weight is 350 g/mol. The van der Waals surface area contributed by atoms with Gasteiger partial charge >= 0.3 is 6.09 Å². The van der Waals surface area contributed by atoms with Crippen LogP contribution in [-0.4, -0.2) is 18.7 Å². The van der Waals surface area contributed by atoms with E-state index in [9.17, 15) is 4.79 Å². The van der Waals surface area contributed by atoms with Crippen molar-refractivity contribution in [1.82, 2.24) is 5.32 Å². The molecule has 1 N–H and O–H groups in total. The predicted octanol–water partition coefficient (Wildman–Crippen LogP) is 4.66. The number of hydrogen-bond donors (Lipinski definition) is 1. The fourth-order valence-electron chi connectivity index (χ4n) is 4.56. The van der Waals surface area contributed by atoms with Crippen molar-refractivity contribution in [2.75, 3.05) is 11.4 Å². The van der Waals surface area contributed by atoms with E-state index in [1.54, 1.807) is 0 Å². The second-order valence-corrected chi connectivity index (χ2v) is 7.17. The summed E-state index contributed by atoms with van der Waals surface area (Å²) in [6, 6.07) is 18.7. The fraction of sp³-hybridized carbons (Fsp3) is 0.409. The molecule has 0 radical (unpaired) electrons.